The van der Waals surface area contributed by atoms with Crippen molar-refractivity contribution < 1.29 is 9.53 Å². The van der Waals surface area contributed by atoms with Crippen molar-refractivity contribution in [3.05, 3.63) is 51.6 Å². The number of H-pyrrole nitrogens is 1. The highest BCUT2D eigenvalue weighted by molar-refractivity contribution is 5.81. The van der Waals surface area contributed by atoms with E-state index < -0.39 is 0 Å². The Morgan fingerprint density at radius 2 is 2.06 bits per heavy atom. The molecule has 0 spiro atoms. The molecule has 1 aliphatic carbocycles. The normalized spacial score (nSPS) is 15.6. The maximum Gasteiger partial charge on any atom is 0.327 e. The Morgan fingerprint density at radius 1 is 1.26 bits per heavy atom. The number of rotatable bonds is 9. The molecular weight excluding hydrogens is 432 g/mol. The maximum absolute atomic E-state index is 13.1. The summed E-state index contributed by atoms with van der Waals surface area (Å²) in [5.74, 6) is 0.269. The number of nitrogens with zero attached hydrogens (tertiary/aromatic N) is 5. The number of hydrogen-bond acceptors (Lipinski definition) is 7. The van der Waals surface area contributed by atoms with Gasteiger partial charge in [-0.3, -0.25) is 14.5 Å². The Morgan fingerprint density at radius 3 is 2.79 bits per heavy atom. The fraction of sp³-hybridized carbons (Fsp3) is 0.560. The molecule has 34 heavy (non-hydrogen) atoms. The van der Waals surface area contributed by atoms with Crippen molar-refractivity contribution in [1.29, 1.82) is 0 Å². The molecule has 2 heterocycles. The molecule has 0 amide bonds. The summed E-state index contributed by atoms with van der Waals surface area (Å²) < 4.78 is 6.65. The lowest BCUT2D eigenvalue weighted by Crippen LogP contribution is -2.41. The van der Waals surface area contributed by atoms with Gasteiger partial charge in [0.05, 0.1) is 18.2 Å². The Balaban J connectivity index is 1.70. The predicted molar refractivity (Wildman–Crippen MR) is 129 cm³/mol. The lowest BCUT2D eigenvalue weighted by molar-refractivity contribution is -0.144. The van der Waals surface area contributed by atoms with Crippen LogP contribution in [-0.2, 0) is 22.6 Å². The Labute approximate surface area is 199 Å². The van der Waals surface area contributed by atoms with Crippen LogP contribution in [0.5, 0.6) is 0 Å². The summed E-state index contributed by atoms with van der Waals surface area (Å²) in [4.78, 5) is 30.7. The minimum absolute atomic E-state index is 0.0268. The zero-order valence-corrected chi connectivity index (χ0v) is 20.3. The average Bonchev–Trinajstić information content (AvgIpc) is 3.28. The molecule has 1 aromatic carbocycles. The van der Waals surface area contributed by atoms with Crippen molar-refractivity contribution in [2.24, 2.45) is 0 Å². The Kier molecular flexibility index (Phi) is 7.72. The van der Waals surface area contributed by atoms with Crippen LogP contribution in [0, 0.1) is 6.92 Å². The summed E-state index contributed by atoms with van der Waals surface area (Å²) in [6, 6.07) is 8.24. The van der Waals surface area contributed by atoms with Gasteiger partial charge in [0.1, 0.15) is 6.54 Å². The zero-order valence-electron chi connectivity index (χ0n) is 20.3. The van der Waals surface area contributed by atoms with E-state index in [1.54, 1.807) is 6.92 Å². The minimum Gasteiger partial charge on any atom is -0.465 e. The minimum atomic E-state index is -0.364. The van der Waals surface area contributed by atoms with E-state index in [4.69, 9.17) is 4.74 Å². The molecule has 2 aromatic heterocycles. The number of fused-ring (bicyclic) bond motifs is 1. The Bertz CT molecular complexity index is 1180. The van der Waals surface area contributed by atoms with E-state index in [9.17, 15) is 9.59 Å². The van der Waals surface area contributed by atoms with Gasteiger partial charge in [-0.1, -0.05) is 44.4 Å². The number of hydrogen-bond donors (Lipinski definition) is 1. The lowest BCUT2D eigenvalue weighted by Gasteiger charge is -2.39. The highest BCUT2D eigenvalue weighted by atomic mass is 16.5. The fourth-order valence-electron chi connectivity index (χ4n) is 5.11. The molecule has 1 saturated carbocycles. The van der Waals surface area contributed by atoms with E-state index in [1.807, 2.05) is 31.2 Å². The number of tetrazole rings is 1. The second-order valence-electron chi connectivity index (χ2n) is 9.05. The quantitative estimate of drug-likeness (QED) is 0.480. The average molecular weight is 467 g/mol. The zero-order chi connectivity index (χ0) is 24.1. The molecule has 1 unspecified atom stereocenters. The third-order valence-corrected chi connectivity index (χ3v) is 6.79. The van der Waals surface area contributed by atoms with E-state index in [0.717, 1.165) is 41.3 Å². The van der Waals surface area contributed by atoms with Gasteiger partial charge in [0.2, 0.25) is 0 Å². The number of aromatic amines is 1. The summed E-state index contributed by atoms with van der Waals surface area (Å²) >= 11 is 0. The summed E-state index contributed by atoms with van der Waals surface area (Å²) in [7, 11) is 0. The first kappa shape index (κ1) is 24.1. The molecule has 182 valence electrons. The number of carbonyl (C=O) groups is 1. The molecule has 1 fully saturated rings. The predicted octanol–water partition coefficient (Wildman–Crippen LogP) is 3.67. The van der Waals surface area contributed by atoms with Crippen LogP contribution in [0.15, 0.2) is 29.1 Å². The maximum atomic E-state index is 13.1. The van der Waals surface area contributed by atoms with Gasteiger partial charge >= 0.3 is 5.97 Å². The standard InChI is InChI=1S/C25H34N6O3/c1-4-21(24-27-28-29-31(24)16-22(32)34-5-2)30(20-12-7-6-8-13-20)15-19-14-18-11-9-10-17(3)23(18)26-25(19)33/h9-11,14,20-21H,4-8,12-13,15-16H2,1-3H3,(H,26,33). The molecule has 1 atom stereocenters. The molecule has 0 radical (unpaired) electrons. The van der Waals surface area contributed by atoms with Crippen molar-refractivity contribution >= 4 is 16.9 Å². The van der Waals surface area contributed by atoms with Crippen LogP contribution in [0.4, 0.5) is 0 Å². The molecule has 9 nitrogen and oxygen atoms in total. The monoisotopic (exact) mass is 466 g/mol. The Hall–Kier alpha value is -3.07. The van der Waals surface area contributed by atoms with Gasteiger partial charge in [0.15, 0.2) is 5.82 Å². The molecule has 4 rings (SSSR count). The number of carbonyl (C=O) groups excluding carboxylic acids is 1. The van der Waals surface area contributed by atoms with Gasteiger partial charge in [0.25, 0.3) is 5.56 Å². The third kappa shape index (κ3) is 5.19. The van der Waals surface area contributed by atoms with Crippen LogP contribution in [0.25, 0.3) is 10.9 Å². The van der Waals surface area contributed by atoms with Crippen LogP contribution < -0.4 is 5.56 Å². The molecule has 0 bridgehead atoms. The van der Waals surface area contributed by atoms with Crippen molar-refractivity contribution in [2.75, 3.05) is 6.61 Å². The number of benzene rings is 1. The SMILES string of the molecule is CCOC(=O)Cn1nnnc1C(CC)N(Cc1cc2cccc(C)c2[nH]c1=O)C1CCCCC1. The summed E-state index contributed by atoms with van der Waals surface area (Å²) in [5.41, 5.74) is 2.59. The second kappa shape index (κ2) is 10.9. The first-order valence-electron chi connectivity index (χ1n) is 12.3. The van der Waals surface area contributed by atoms with Gasteiger partial charge in [-0.25, -0.2) is 4.68 Å². The smallest absolute Gasteiger partial charge is 0.327 e. The number of para-hydroxylation sites is 1. The van der Waals surface area contributed by atoms with Crippen molar-refractivity contribution in [3.63, 3.8) is 0 Å². The van der Waals surface area contributed by atoms with Gasteiger partial charge in [-0.05, 0) is 60.6 Å². The molecule has 0 aliphatic heterocycles. The number of aryl methyl sites for hydroxylation is 1. The van der Waals surface area contributed by atoms with Gasteiger partial charge in [-0.15, -0.1) is 5.10 Å². The van der Waals surface area contributed by atoms with Gasteiger partial charge in [0, 0.05) is 18.2 Å². The molecule has 1 N–H and O–H groups in total. The molecule has 0 saturated heterocycles. The number of ether oxygens (including phenoxy) is 1. The molecule has 9 heteroatoms. The van der Waals surface area contributed by atoms with Crippen LogP contribution in [0.2, 0.25) is 0 Å². The largest absolute Gasteiger partial charge is 0.465 e. The first-order valence-corrected chi connectivity index (χ1v) is 12.3. The third-order valence-electron chi connectivity index (χ3n) is 6.79. The van der Waals surface area contributed by atoms with Gasteiger partial charge in [-0.2, -0.15) is 0 Å². The topological polar surface area (TPSA) is 106 Å². The first-order chi connectivity index (χ1) is 16.5. The highest BCUT2D eigenvalue weighted by Crippen LogP contribution is 2.33. The summed E-state index contributed by atoms with van der Waals surface area (Å²) in [6.45, 7) is 6.66. The van der Waals surface area contributed by atoms with E-state index in [1.165, 1.54) is 23.9 Å². The molecule has 3 aromatic rings. The lowest BCUT2D eigenvalue weighted by atomic mass is 9.92. The van der Waals surface area contributed by atoms with E-state index in [0.29, 0.717) is 25.0 Å². The molecular formula is C25H34N6O3. The summed E-state index contributed by atoms with van der Waals surface area (Å²) in [6.07, 6.45) is 6.46. The van der Waals surface area contributed by atoms with E-state index in [2.05, 4.69) is 32.3 Å². The van der Waals surface area contributed by atoms with Crippen molar-refractivity contribution in [1.82, 2.24) is 30.1 Å². The van der Waals surface area contributed by atoms with E-state index in [-0.39, 0.29) is 24.1 Å². The second-order valence-corrected chi connectivity index (χ2v) is 9.05. The van der Waals surface area contributed by atoms with Crippen molar-refractivity contribution in [2.45, 2.75) is 84.5 Å². The highest BCUT2D eigenvalue weighted by Gasteiger charge is 2.32. The van der Waals surface area contributed by atoms with Crippen LogP contribution in [0.3, 0.4) is 0 Å². The number of aromatic nitrogens is 5. The fourth-order valence-corrected chi connectivity index (χ4v) is 5.11. The number of esters is 1. The van der Waals surface area contributed by atoms with E-state index >= 15 is 0 Å². The van der Waals surface area contributed by atoms with Crippen LogP contribution in [-0.4, -0.2) is 48.7 Å². The molecule has 1 aliphatic rings. The number of pyridine rings is 1. The summed E-state index contributed by atoms with van der Waals surface area (Å²) in [5, 5.41) is 13.3. The number of nitrogens with one attached hydrogen (secondary N) is 1. The van der Waals surface area contributed by atoms with Crippen molar-refractivity contribution in [3.8, 4) is 0 Å². The van der Waals surface area contributed by atoms with Crippen LogP contribution >= 0.6 is 0 Å². The van der Waals surface area contributed by atoms with Gasteiger partial charge < -0.3 is 9.72 Å². The van der Waals surface area contributed by atoms with Crippen LogP contribution in [0.1, 0.15) is 75.4 Å².